The predicted molar refractivity (Wildman–Crippen MR) is 300 cm³/mol. The molecule has 0 amide bonds. The number of hydrogen-bond acceptors (Lipinski definition) is 29. The Balaban J connectivity index is 0.967. The lowest BCUT2D eigenvalue weighted by atomic mass is 9.38. The van der Waals surface area contributed by atoms with Crippen LogP contribution >= 0.6 is 0 Å². The summed E-state index contributed by atoms with van der Waals surface area (Å²) < 4.78 is 60.6. The van der Waals surface area contributed by atoms with Crippen LogP contribution in [0.3, 0.4) is 0 Å². The van der Waals surface area contributed by atoms with E-state index in [2.05, 4.69) is 47.6 Å². The Bertz CT molecular complexity index is 2340. The Morgan fingerprint density at radius 3 is 1.45 bits per heavy atom. The van der Waals surface area contributed by atoms with Crippen molar-refractivity contribution in [2.45, 2.75) is 284 Å². The summed E-state index contributed by atoms with van der Waals surface area (Å²) in [6.45, 7) is 12.0. The first-order chi connectivity index (χ1) is 41.7. The molecule has 0 aromatic carbocycles. The number of aliphatic hydroxyl groups is 19. The molecular weight excluding hydrogens is 1180 g/mol. The van der Waals surface area contributed by atoms with Gasteiger partial charge in [0.2, 0.25) is 0 Å². The molecule has 0 aromatic rings. The molecule has 0 bridgehead atoms. The van der Waals surface area contributed by atoms with Crippen LogP contribution in [-0.2, 0) is 47.4 Å². The lowest BCUT2D eigenvalue weighted by molar-refractivity contribution is -0.397. The second-order valence-corrected chi connectivity index (χ2v) is 28.7. The summed E-state index contributed by atoms with van der Waals surface area (Å²) in [6.07, 6.45) is -39.7. The summed E-state index contributed by atoms with van der Waals surface area (Å²) in [5.41, 5.74) is -2.44. The highest BCUT2D eigenvalue weighted by molar-refractivity contribution is 5.32. The molecule has 29 heteroatoms. The third kappa shape index (κ3) is 13.0. The van der Waals surface area contributed by atoms with Gasteiger partial charge in [-0.05, 0) is 99.7 Å². The zero-order valence-electron chi connectivity index (χ0n) is 51.8. The van der Waals surface area contributed by atoms with Crippen LogP contribution in [0.2, 0.25) is 0 Å². The van der Waals surface area contributed by atoms with Crippen LogP contribution in [0.15, 0.2) is 11.6 Å². The number of aliphatic hydroxyl groups excluding tert-OH is 18. The van der Waals surface area contributed by atoms with Crippen LogP contribution < -0.4 is 0 Å². The summed E-state index contributed by atoms with van der Waals surface area (Å²) in [5.74, 6) is -0.0307. The molecule has 5 saturated heterocycles. The summed E-state index contributed by atoms with van der Waals surface area (Å²) in [4.78, 5) is 0. The maximum absolute atomic E-state index is 12.8. The first-order valence-electron chi connectivity index (χ1n) is 31.6. The Hall–Kier alpha value is -1.42. The number of hydrogen-bond donors (Lipinski definition) is 19. The van der Waals surface area contributed by atoms with E-state index in [9.17, 15) is 97.0 Å². The van der Waals surface area contributed by atoms with E-state index in [0.717, 1.165) is 18.4 Å². The fourth-order valence-electron chi connectivity index (χ4n) is 17.1. The van der Waals surface area contributed by atoms with E-state index < -0.39 is 227 Å². The number of rotatable bonds is 20. The van der Waals surface area contributed by atoms with Crippen LogP contribution in [0.1, 0.15) is 107 Å². The molecule has 5 aliphatic heterocycles. The van der Waals surface area contributed by atoms with Crippen LogP contribution in [0.4, 0.5) is 0 Å². The van der Waals surface area contributed by atoms with Gasteiger partial charge in [0.1, 0.15) is 122 Å². The van der Waals surface area contributed by atoms with E-state index in [4.69, 9.17) is 47.4 Å². The summed E-state index contributed by atoms with van der Waals surface area (Å²) in [6, 6.07) is 0. The number of allylic oxidation sites excluding steroid dienone is 1. The van der Waals surface area contributed by atoms with Crippen molar-refractivity contribution in [2.75, 3.05) is 33.0 Å². The monoisotopic (exact) mass is 1290 g/mol. The lowest BCUT2D eigenvalue weighted by Crippen LogP contribution is -2.67. The Morgan fingerprint density at radius 1 is 0.517 bits per heavy atom. The van der Waals surface area contributed by atoms with Gasteiger partial charge < -0.3 is 144 Å². The molecule has 516 valence electrons. The molecule has 0 radical (unpaired) electrons. The molecule has 29 nitrogen and oxygen atoms in total. The first-order valence-corrected chi connectivity index (χ1v) is 31.6. The van der Waals surface area contributed by atoms with E-state index in [1.807, 2.05) is 0 Å². The third-order valence-electron chi connectivity index (χ3n) is 22.9. The standard InChI is InChI=1S/C60H102O29/c1-23(24-15-16-58(6)32-12-10-25-26(60(32,8)33(65)17-59(24,58)7)11-14-34(56(25,2)3)86-52-45(75)41(71)37(67)28(19-62)82-52)9-13-35(57(4,5)79)87-55-50(89-54-47(77)43(73)39(69)30(21-64)84-54)48(78)49(88-53-46(76)42(72)38(68)29(20-63)83-53)31(85-55)22-80-51-44(74)40(70)36(66)27(18-61)81-51/h10,23-24,26-55,61-79H,9,11-22H2,1-8H3/t23-,24?,26?,27-,28-,29-,30-,31-,32?,33-,34+,35-,36-,37-,38-,39-,40+,41+,42+,43+,44-,45-,46-,47-,48+,49-,50-,51+,52+,53-,54+,55+,58+,59-,60+/m1/s1. The normalized spacial score (nSPS) is 51.8. The quantitative estimate of drug-likeness (QED) is 0.0506. The Morgan fingerprint density at radius 2 is 0.966 bits per heavy atom. The maximum Gasteiger partial charge on any atom is 0.187 e. The largest absolute Gasteiger partial charge is 0.394 e. The predicted octanol–water partition coefficient (Wildman–Crippen LogP) is -5.41. The smallest absolute Gasteiger partial charge is 0.187 e. The molecule has 89 heavy (non-hydrogen) atoms. The van der Waals surface area contributed by atoms with Gasteiger partial charge in [-0.15, -0.1) is 0 Å². The third-order valence-corrected chi connectivity index (χ3v) is 22.9. The summed E-state index contributed by atoms with van der Waals surface area (Å²) >= 11 is 0. The van der Waals surface area contributed by atoms with Crippen molar-refractivity contribution in [3.05, 3.63) is 11.6 Å². The molecular formula is C60H102O29. The minimum atomic E-state index is -2.12. The molecule has 4 aliphatic carbocycles. The molecule has 19 N–H and O–H groups in total. The summed E-state index contributed by atoms with van der Waals surface area (Å²) in [7, 11) is 0. The average molecular weight is 1290 g/mol. The minimum Gasteiger partial charge on any atom is -0.394 e. The van der Waals surface area contributed by atoms with Crippen LogP contribution in [0, 0.1) is 45.3 Å². The van der Waals surface area contributed by atoms with E-state index >= 15 is 0 Å². The second-order valence-electron chi connectivity index (χ2n) is 28.7. The van der Waals surface area contributed by atoms with Crippen molar-refractivity contribution in [2.24, 2.45) is 45.3 Å². The molecule has 3 unspecified atom stereocenters. The Labute approximate surface area is 517 Å². The second kappa shape index (κ2) is 27.6. The van der Waals surface area contributed by atoms with Crippen molar-refractivity contribution in [3.8, 4) is 0 Å². The van der Waals surface area contributed by atoms with Gasteiger partial charge in [0, 0.05) is 10.8 Å². The van der Waals surface area contributed by atoms with E-state index in [1.54, 1.807) is 0 Å². The topological polar surface area (TPSA) is 477 Å². The molecule has 9 rings (SSSR count). The maximum atomic E-state index is 12.8. The fraction of sp³-hybridized carbons (Fsp3) is 0.967. The van der Waals surface area contributed by atoms with E-state index in [1.165, 1.54) is 13.8 Å². The molecule has 8 fully saturated rings. The molecule has 0 spiro atoms. The van der Waals surface area contributed by atoms with Crippen molar-refractivity contribution in [1.82, 2.24) is 0 Å². The molecule has 3 saturated carbocycles. The Kier molecular flexibility index (Phi) is 22.3. The van der Waals surface area contributed by atoms with Gasteiger partial charge in [0.05, 0.1) is 56.9 Å². The number of fused-ring (bicyclic) bond motifs is 5. The van der Waals surface area contributed by atoms with Crippen molar-refractivity contribution >= 4 is 0 Å². The highest BCUT2D eigenvalue weighted by atomic mass is 16.8. The van der Waals surface area contributed by atoms with Crippen molar-refractivity contribution < 1.29 is 144 Å². The lowest BCUT2D eigenvalue weighted by Gasteiger charge is -2.67. The van der Waals surface area contributed by atoms with Gasteiger partial charge >= 0.3 is 0 Å². The first kappa shape index (κ1) is 71.9. The van der Waals surface area contributed by atoms with E-state index in [0.29, 0.717) is 32.1 Å². The van der Waals surface area contributed by atoms with Gasteiger partial charge in [0.15, 0.2) is 31.5 Å². The highest BCUT2D eigenvalue weighted by Crippen LogP contribution is 2.75. The molecule has 9 aliphatic rings. The highest BCUT2D eigenvalue weighted by Gasteiger charge is 2.71. The van der Waals surface area contributed by atoms with Gasteiger partial charge in [-0.25, -0.2) is 0 Å². The van der Waals surface area contributed by atoms with Crippen LogP contribution in [0.25, 0.3) is 0 Å². The van der Waals surface area contributed by atoms with Crippen molar-refractivity contribution in [1.29, 1.82) is 0 Å². The van der Waals surface area contributed by atoms with Gasteiger partial charge in [0.25, 0.3) is 0 Å². The van der Waals surface area contributed by atoms with Crippen molar-refractivity contribution in [3.63, 3.8) is 0 Å². The minimum absolute atomic E-state index is 0.0362. The van der Waals surface area contributed by atoms with Gasteiger partial charge in [-0.1, -0.05) is 53.2 Å². The van der Waals surface area contributed by atoms with E-state index in [-0.39, 0.29) is 35.5 Å². The van der Waals surface area contributed by atoms with Crippen LogP contribution in [-0.4, -0.2) is 308 Å². The van der Waals surface area contributed by atoms with Crippen LogP contribution in [0.5, 0.6) is 0 Å². The molecule has 5 heterocycles. The SMILES string of the molecule is C[C@H](CC[C@@H](O[C@@H]1O[C@H](CO[C@H]2O[C@H](CO)[C@@H](O)[C@H](O)[C@H]2O)[C@@H](O[C@H]2O[C@H](CO)[C@@H](O)[C@H](O)[C@H]2O)[C@H](O)[C@H]1O[C@@H]1O[C@H](CO)[C@@H](O)[C@H](O)[C@H]1O)C(C)(C)O)C1CC[C@@]2(C)C3CC=C4C(CC[C@H](O[C@@H]5O[C@H](CO)[C@@H](O)[C@H](O)[C@H]5O)C4(C)C)[C@]3(C)[C@H](O)C[C@]12C. The van der Waals surface area contributed by atoms with Gasteiger partial charge in [-0.2, -0.15) is 0 Å². The average Bonchev–Trinajstić information content (AvgIpc) is 1.66. The zero-order chi connectivity index (χ0) is 65.5. The fourth-order valence-corrected chi connectivity index (χ4v) is 17.1. The molecule has 0 aromatic heterocycles. The number of ether oxygens (including phenoxy) is 10. The van der Waals surface area contributed by atoms with Gasteiger partial charge in [-0.3, -0.25) is 0 Å². The summed E-state index contributed by atoms with van der Waals surface area (Å²) in [5, 5.41) is 207. The molecule has 35 atom stereocenters. The zero-order valence-corrected chi connectivity index (χ0v) is 51.8.